The van der Waals surface area contributed by atoms with E-state index in [2.05, 4.69) is 15.2 Å². The van der Waals surface area contributed by atoms with E-state index >= 15 is 0 Å². The summed E-state index contributed by atoms with van der Waals surface area (Å²) in [5.74, 6) is 1.50. The molecule has 0 saturated heterocycles. The molecule has 212 valence electrons. The zero-order valence-electron chi connectivity index (χ0n) is 24.6. The lowest BCUT2D eigenvalue weighted by Gasteiger charge is -2.19. The first kappa shape index (κ1) is 29.6. The number of nitrogens with zero attached hydrogens (tertiary/aromatic N) is 4. The molecule has 0 spiro atoms. The molecule has 7 nitrogen and oxygen atoms in total. The van der Waals surface area contributed by atoms with Crippen LogP contribution < -0.4 is 10.2 Å². The standard InChI is InChI=1S/C34H39N5O2/c1-24-8-11-26(12-9-24)21-30(40)22-27-13-16-29(17-14-27)39(5)33-18-19-35-34(37-33)36-28-15-10-25(2)31(23-28)32(41)7-6-20-38(3)4/h8-19,23H,6-7,20-22H2,1-5H3,(H,35,36,37). The Morgan fingerprint density at radius 2 is 1.49 bits per heavy atom. The molecule has 3 aromatic carbocycles. The quantitative estimate of drug-likeness (QED) is 0.191. The molecule has 4 rings (SSSR count). The van der Waals surface area contributed by atoms with Gasteiger partial charge in [-0.15, -0.1) is 0 Å². The maximum absolute atomic E-state index is 12.8. The van der Waals surface area contributed by atoms with Crippen LogP contribution in [0.1, 0.15) is 45.5 Å². The number of carbonyl (C=O) groups excluding carboxylic acids is 2. The van der Waals surface area contributed by atoms with Crippen molar-refractivity contribution in [1.29, 1.82) is 0 Å². The lowest BCUT2D eigenvalue weighted by molar-refractivity contribution is -0.117. The second-order valence-electron chi connectivity index (χ2n) is 10.8. The zero-order chi connectivity index (χ0) is 29.4. The SMILES string of the molecule is Cc1ccc(CC(=O)Cc2ccc(N(C)c3ccnc(Nc4ccc(C)c(C(=O)CCCN(C)C)c4)n3)cc2)cc1. The molecular formula is C34H39N5O2. The molecule has 0 aliphatic carbocycles. The maximum atomic E-state index is 12.8. The Bertz CT molecular complexity index is 1480. The molecular weight excluding hydrogens is 510 g/mol. The fourth-order valence-corrected chi connectivity index (χ4v) is 4.61. The van der Waals surface area contributed by atoms with Gasteiger partial charge < -0.3 is 15.1 Å². The summed E-state index contributed by atoms with van der Waals surface area (Å²) >= 11 is 0. The topological polar surface area (TPSA) is 78.4 Å². The highest BCUT2D eigenvalue weighted by Crippen LogP contribution is 2.25. The van der Waals surface area contributed by atoms with Crippen LogP contribution in [0.25, 0.3) is 0 Å². The summed E-state index contributed by atoms with van der Waals surface area (Å²) in [6, 6.07) is 23.7. The van der Waals surface area contributed by atoms with Gasteiger partial charge in [0.2, 0.25) is 5.95 Å². The third kappa shape index (κ3) is 8.56. The Morgan fingerprint density at radius 3 is 2.15 bits per heavy atom. The molecule has 0 atom stereocenters. The molecule has 1 N–H and O–H groups in total. The van der Waals surface area contributed by atoms with Gasteiger partial charge in [0, 0.05) is 49.4 Å². The summed E-state index contributed by atoms with van der Waals surface area (Å²) in [7, 11) is 5.97. The van der Waals surface area contributed by atoms with Crippen LogP contribution in [0, 0.1) is 13.8 Å². The van der Waals surface area contributed by atoms with Crippen LogP contribution in [0.15, 0.2) is 79.0 Å². The highest BCUT2D eigenvalue weighted by molar-refractivity contribution is 5.98. The first-order valence-corrected chi connectivity index (χ1v) is 14.0. The normalized spacial score (nSPS) is 11.0. The van der Waals surface area contributed by atoms with Crippen LogP contribution in [0.4, 0.5) is 23.1 Å². The van der Waals surface area contributed by atoms with Crippen molar-refractivity contribution in [3.63, 3.8) is 0 Å². The number of hydrogen-bond donors (Lipinski definition) is 1. The second kappa shape index (κ2) is 13.8. The number of nitrogens with one attached hydrogen (secondary N) is 1. The molecule has 0 aliphatic heterocycles. The van der Waals surface area contributed by atoms with Crippen molar-refractivity contribution in [2.45, 2.75) is 39.5 Å². The van der Waals surface area contributed by atoms with Crippen molar-refractivity contribution < 1.29 is 9.59 Å². The number of hydrogen-bond acceptors (Lipinski definition) is 7. The maximum Gasteiger partial charge on any atom is 0.229 e. The van der Waals surface area contributed by atoms with Crippen molar-refractivity contribution in [3.8, 4) is 0 Å². The van der Waals surface area contributed by atoms with Gasteiger partial charge in [0.1, 0.15) is 11.6 Å². The third-order valence-electron chi connectivity index (χ3n) is 7.03. The van der Waals surface area contributed by atoms with E-state index in [1.165, 1.54) is 5.56 Å². The van der Waals surface area contributed by atoms with Gasteiger partial charge in [-0.3, -0.25) is 9.59 Å². The molecule has 41 heavy (non-hydrogen) atoms. The minimum absolute atomic E-state index is 0.141. The average molecular weight is 550 g/mol. The molecule has 4 aromatic rings. The van der Waals surface area contributed by atoms with E-state index < -0.39 is 0 Å². The molecule has 1 aromatic heterocycles. The van der Waals surface area contributed by atoms with Crippen LogP contribution >= 0.6 is 0 Å². The van der Waals surface area contributed by atoms with E-state index in [1.54, 1.807) is 6.20 Å². The molecule has 0 amide bonds. The van der Waals surface area contributed by atoms with Crippen LogP contribution in [-0.4, -0.2) is 54.1 Å². The monoisotopic (exact) mass is 549 g/mol. The highest BCUT2D eigenvalue weighted by Gasteiger charge is 2.13. The minimum Gasteiger partial charge on any atom is -0.329 e. The molecule has 0 fully saturated rings. The van der Waals surface area contributed by atoms with Crippen LogP contribution in [-0.2, 0) is 17.6 Å². The van der Waals surface area contributed by atoms with E-state index in [4.69, 9.17) is 4.98 Å². The van der Waals surface area contributed by atoms with E-state index in [0.29, 0.717) is 25.2 Å². The summed E-state index contributed by atoms with van der Waals surface area (Å²) in [5, 5.41) is 3.25. The number of rotatable bonds is 13. The van der Waals surface area contributed by atoms with Gasteiger partial charge >= 0.3 is 0 Å². The number of anilines is 4. The molecule has 0 unspecified atom stereocenters. The number of Topliss-reactive ketones (excluding diaryl/α,β-unsaturated/α-hetero) is 2. The summed E-state index contributed by atoms with van der Waals surface area (Å²) in [6.45, 7) is 4.88. The van der Waals surface area contributed by atoms with Crippen molar-refractivity contribution >= 4 is 34.7 Å². The predicted octanol–water partition coefficient (Wildman–Crippen LogP) is 6.48. The van der Waals surface area contributed by atoms with Crippen molar-refractivity contribution in [1.82, 2.24) is 14.9 Å². The number of carbonyl (C=O) groups is 2. The van der Waals surface area contributed by atoms with Gasteiger partial charge in [-0.1, -0.05) is 48.0 Å². The molecule has 7 heteroatoms. The number of ketones is 2. The lowest BCUT2D eigenvalue weighted by atomic mass is 10.0. The van der Waals surface area contributed by atoms with Crippen LogP contribution in [0.5, 0.6) is 0 Å². The molecule has 0 bridgehead atoms. The van der Waals surface area contributed by atoms with Crippen LogP contribution in [0.3, 0.4) is 0 Å². The highest BCUT2D eigenvalue weighted by atomic mass is 16.1. The summed E-state index contributed by atoms with van der Waals surface area (Å²) in [5.41, 5.74) is 6.61. The summed E-state index contributed by atoms with van der Waals surface area (Å²) < 4.78 is 0. The lowest BCUT2D eigenvalue weighted by Crippen LogP contribution is -2.14. The van der Waals surface area contributed by atoms with Gasteiger partial charge in [-0.2, -0.15) is 4.98 Å². The first-order valence-electron chi connectivity index (χ1n) is 14.0. The smallest absolute Gasteiger partial charge is 0.229 e. The number of aryl methyl sites for hydroxylation is 2. The van der Waals surface area contributed by atoms with Gasteiger partial charge in [0.25, 0.3) is 0 Å². The minimum atomic E-state index is 0.141. The van der Waals surface area contributed by atoms with E-state index in [9.17, 15) is 9.59 Å². The average Bonchev–Trinajstić information content (AvgIpc) is 2.95. The van der Waals surface area contributed by atoms with Gasteiger partial charge in [-0.05, 0) is 87.9 Å². The van der Waals surface area contributed by atoms with Crippen molar-refractivity contribution in [2.24, 2.45) is 0 Å². The number of benzene rings is 3. The Balaban J connectivity index is 1.39. The van der Waals surface area contributed by atoms with Crippen LogP contribution in [0.2, 0.25) is 0 Å². The Morgan fingerprint density at radius 1 is 0.829 bits per heavy atom. The van der Waals surface area contributed by atoms with E-state index in [-0.39, 0.29) is 11.6 Å². The Hall–Kier alpha value is -4.36. The number of aromatic nitrogens is 2. The Labute approximate surface area is 243 Å². The molecule has 0 radical (unpaired) electrons. The molecule has 0 saturated carbocycles. The zero-order valence-corrected chi connectivity index (χ0v) is 24.6. The molecule has 1 heterocycles. The van der Waals surface area contributed by atoms with Gasteiger partial charge in [0.15, 0.2) is 5.78 Å². The fourth-order valence-electron chi connectivity index (χ4n) is 4.61. The van der Waals surface area contributed by atoms with E-state index in [1.807, 2.05) is 113 Å². The second-order valence-corrected chi connectivity index (χ2v) is 10.8. The third-order valence-corrected chi connectivity index (χ3v) is 7.03. The van der Waals surface area contributed by atoms with Gasteiger partial charge in [-0.25, -0.2) is 4.98 Å². The first-order chi connectivity index (χ1) is 19.7. The van der Waals surface area contributed by atoms with Gasteiger partial charge in [0.05, 0.1) is 0 Å². The summed E-state index contributed by atoms with van der Waals surface area (Å²) in [4.78, 5) is 38.5. The largest absolute Gasteiger partial charge is 0.329 e. The Kier molecular flexibility index (Phi) is 9.98. The van der Waals surface area contributed by atoms with E-state index in [0.717, 1.165) is 52.4 Å². The molecule has 0 aliphatic rings. The van der Waals surface area contributed by atoms with Crippen molar-refractivity contribution in [2.75, 3.05) is 37.9 Å². The fraction of sp³-hybridized carbons (Fsp3) is 0.294. The predicted molar refractivity (Wildman–Crippen MR) is 167 cm³/mol. The van der Waals surface area contributed by atoms with Crippen molar-refractivity contribution in [3.05, 3.63) is 107 Å². The summed E-state index contributed by atoms with van der Waals surface area (Å²) in [6.07, 6.45) is 3.88.